The Labute approximate surface area is 493 Å². The molecular weight excluding hydrogens is 1350 g/mol. The predicted octanol–water partition coefficient (Wildman–Crippen LogP) is 13.8. The van der Waals surface area contributed by atoms with Crippen LogP contribution in [0.5, 0.6) is 0 Å². The summed E-state index contributed by atoms with van der Waals surface area (Å²) in [7, 11) is 0. The van der Waals surface area contributed by atoms with Gasteiger partial charge in [-0.2, -0.15) is 0 Å². The van der Waals surface area contributed by atoms with E-state index in [0.717, 1.165) is 19.2 Å². The number of hydrogen-bond donors (Lipinski definition) is 0. The van der Waals surface area contributed by atoms with Gasteiger partial charge in [-0.05, 0) is 0 Å². The van der Waals surface area contributed by atoms with Crippen molar-refractivity contribution in [3.8, 4) is 44.5 Å². The van der Waals surface area contributed by atoms with Gasteiger partial charge in [-0.25, -0.2) is 0 Å². The molecule has 0 heterocycles. The molecule has 14 rings (SSSR count). The summed E-state index contributed by atoms with van der Waals surface area (Å²) in [6.07, 6.45) is 16.0. The smallest absolute Gasteiger partial charge is 1.00 e. The van der Waals surface area contributed by atoms with Crippen molar-refractivity contribution in [1.82, 2.24) is 0 Å². The first kappa shape index (κ1) is 55.4. The first-order valence-electron chi connectivity index (χ1n) is 28.1. The molecule has 8 aromatic carbocycles. The van der Waals surface area contributed by atoms with Crippen molar-refractivity contribution in [1.29, 1.82) is 0 Å². The number of allylic oxidation sites excluding steroid dienone is 4. The van der Waals surface area contributed by atoms with Gasteiger partial charge in [0.2, 0.25) is 0 Å². The molecule has 6 heteroatoms. The van der Waals surface area contributed by atoms with Crippen LogP contribution in [0.2, 0.25) is 26.2 Å². The molecule has 0 radical (unpaired) electrons. The van der Waals surface area contributed by atoms with E-state index in [0.29, 0.717) is 7.35 Å². The van der Waals surface area contributed by atoms with Crippen molar-refractivity contribution >= 4 is 35.3 Å². The SMILES string of the molecule is CC1=Cc2c(-c3ccccc3)cccc2[CH]1[Hf]([CH]1C(C2CC2)=Cc2c(-c3ccccc3)cccc21)=[Si](C)C.CC1=Cc2c(-c3ccccc3)cccc2[CH]1[Hf]([CH]1C(C2CC2)=Cc2c(-c3ccccc3)cccc21)=[Si](C)C.[Cl-].[Cl-]. The Morgan fingerprint density at radius 1 is 0.308 bits per heavy atom. The average molecular weight is 1420 g/mol. The fraction of sp³-hybridized carbons (Fsp3) is 0.222. The zero-order valence-corrected chi connectivity index (χ0v) is 56.5. The van der Waals surface area contributed by atoms with E-state index in [9.17, 15) is 0 Å². The molecular formula is C72H68Cl2Hf2Si2-2. The van der Waals surface area contributed by atoms with E-state index in [-0.39, 0.29) is 24.8 Å². The standard InChI is InChI=1S/2C18H15.2C16H13.2C2H6Si.2ClH.2Hf/c2*1-2-5-14(6-3-1)17-8-4-7-15-11-16(12-18(15)17)13-9-10-13;2*1-12-10-14-8-5-9-15(16(14)11-12)13-6-3-2-4-7-13;2*1-3-2;;;;/h2*1-8,11-13H,9-10H2;2*2-11H,1H3;2*1-2H3;2*1H;;/p-2. The van der Waals surface area contributed by atoms with E-state index in [4.69, 9.17) is 0 Å². The molecule has 6 aliphatic carbocycles. The minimum absolute atomic E-state index is 0. The molecule has 0 bridgehead atoms. The maximum absolute atomic E-state index is 2.67. The summed E-state index contributed by atoms with van der Waals surface area (Å²) in [6.45, 7) is 15.5. The molecule has 0 nitrogen and oxygen atoms in total. The molecule has 78 heavy (non-hydrogen) atoms. The third-order valence-electron chi connectivity index (χ3n) is 17.6. The molecule has 388 valence electrons. The van der Waals surface area contributed by atoms with Crippen LogP contribution in [0.1, 0.15) is 98.7 Å². The van der Waals surface area contributed by atoms with Gasteiger partial charge in [0.25, 0.3) is 0 Å². The van der Waals surface area contributed by atoms with Gasteiger partial charge in [-0.1, -0.05) is 0 Å². The van der Waals surface area contributed by atoms with E-state index in [1.165, 1.54) is 92.4 Å². The first-order valence-corrected chi connectivity index (χ1v) is 52.2. The Morgan fingerprint density at radius 2 is 0.564 bits per heavy atom. The van der Waals surface area contributed by atoms with Crippen LogP contribution in [0.25, 0.3) is 68.8 Å². The van der Waals surface area contributed by atoms with Gasteiger partial charge in [-0.15, -0.1) is 0 Å². The van der Waals surface area contributed by atoms with Crippen molar-refractivity contribution in [2.24, 2.45) is 11.8 Å². The van der Waals surface area contributed by atoms with E-state index >= 15 is 0 Å². The van der Waals surface area contributed by atoms with Gasteiger partial charge in [-0.3, -0.25) is 0 Å². The number of halogens is 2. The monoisotopic (exact) mass is 1420 g/mol. The van der Waals surface area contributed by atoms with Crippen LogP contribution >= 0.6 is 0 Å². The molecule has 0 aliphatic heterocycles. The minimum Gasteiger partial charge on any atom is -1.00 e. The summed E-state index contributed by atoms with van der Waals surface area (Å²) < 4.78 is 2.85. The molecule has 2 saturated carbocycles. The Balaban J connectivity index is 0.000000161. The van der Waals surface area contributed by atoms with Gasteiger partial charge in [0.1, 0.15) is 0 Å². The van der Waals surface area contributed by atoms with Crippen molar-refractivity contribution in [3.05, 3.63) is 261 Å². The van der Waals surface area contributed by atoms with E-state index < -0.39 is 51.1 Å². The zero-order chi connectivity index (χ0) is 51.6. The normalized spacial score (nSPS) is 18.9. The molecule has 0 N–H and O–H groups in total. The van der Waals surface area contributed by atoms with Crippen molar-refractivity contribution in [2.45, 2.75) is 80.4 Å². The number of fused-ring (bicyclic) bond motifs is 4. The first-order chi connectivity index (χ1) is 37.2. The fourth-order valence-electron chi connectivity index (χ4n) is 14.0. The van der Waals surface area contributed by atoms with Crippen LogP contribution in [0, 0.1) is 11.8 Å². The van der Waals surface area contributed by atoms with Gasteiger partial charge in [0.15, 0.2) is 0 Å². The van der Waals surface area contributed by atoms with Gasteiger partial charge < -0.3 is 24.8 Å². The number of rotatable bonds is 10. The van der Waals surface area contributed by atoms with Crippen LogP contribution < -0.4 is 24.8 Å². The van der Waals surface area contributed by atoms with Gasteiger partial charge in [0.05, 0.1) is 0 Å². The average Bonchev–Trinajstić information content (AvgIpc) is 4.44. The zero-order valence-electron chi connectivity index (χ0n) is 45.8. The molecule has 0 aromatic heterocycles. The van der Waals surface area contributed by atoms with Gasteiger partial charge >= 0.3 is 473 Å². The summed E-state index contributed by atoms with van der Waals surface area (Å²) in [4.78, 5) is 0. The third kappa shape index (κ3) is 10.3. The van der Waals surface area contributed by atoms with E-state index in [1.54, 1.807) is 33.4 Å². The number of benzene rings is 8. The second-order valence-electron chi connectivity index (χ2n) is 23.0. The predicted molar refractivity (Wildman–Crippen MR) is 322 cm³/mol. The number of hydrogen-bond acceptors (Lipinski definition) is 0. The molecule has 4 atom stereocenters. The van der Waals surface area contributed by atoms with E-state index in [1.807, 2.05) is 11.1 Å². The van der Waals surface area contributed by atoms with Gasteiger partial charge in [0, 0.05) is 0 Å². The Bertz CT molecular complexity index is 3530. The van der Waals surface area contributed by atoms with E-state index in [2.05, 4.69) is 258 Å². The van der Waals surface area contributed by atoms with Crippen LogP contribution in [-0.4, -0.2) is 11.0 Å². The third-order valence-corrected chi connectivity index (χ3v) is 73.3. The molecule has 8 aromatic rings. The second kappa shape index (κ2) is 23.5. The Kier molecular flexibility index (Phi) is 16.7. The molecule has 6 aliphatic rings. The Hall–Kier alpha value is -4.53. The molecule has 2 fully saturated rings. The quantitative estimate of drug-likeness (QED) is 0.120. The topological polar surface area (TPSA) is 0 Å². The maximum Gasteiger partial charge on any atom is -1.00 e. The minimum atomic E-state index is -2.30. The largest absolute Gasteiger partial charge is 1.00 e. The summed E-state index contributed by atoms with van der Waals surface area (Å²) in [5.41, 5.74) is 29.9. The summed E-state index contributed by atoms with van der Waals surface area (Å²) in [6, 6.07) is 72.9. The summed E-state index contributed by atoms with van der Waals surface area (Å²) in [5.74, 6) is 1.64. The summed E-state index contributed by atoms with van der Waals surface area (Å²) in [5, 5.41) is 0. The van der Waals surface area contributed by atoms with Crippen LogP contribution in [0.4, 0.5) is 0 Å². The molecule has 0 saturated heterocycles. The molecule has 4 unspecified atom stereocenters. The second-order valence-corrected chi connectivity index (χ2v) is 72.8. The van der Waals surface area contributed by atoms with Crippen LogP contribution in [-0.2, 0) is 40.1 Å². The van der Waals surface area contributed by atoms with Crippen molar-refractivity contribution < 1.29 is 64.9 Å². The summed E-state index contributed by atoms with van der Waals surface area (Å²) >= 11 is -4.60. The molecule has 0 spiro atoms. The van der Waals surface area contributed by atoms with Crippen LogP contribution in [0.15, 0.2) is 216 Å². The fourth-order valence-corrected chi connectivity index (χ4v) is 72.6. The van der Waals surface area contributed by atoms with Crippen LogP contribution in [0.3, 0.4) is 0 Å². The maximum atomic E-state index is 2.67. The van der Waals surface area contributed by atoms with Crippen molar-refractivity contribution in [3.63, 3.8) is 0 Å². The Morgan fingerprint density at radius 3 is 0.821 bits per heavy atom. The molecule has 0 amide bonds. The van der Waals surface area contributed by atoms with Crippen molar-refractivity contribution in [2.75, 3.05) is 0 Å².